The lowest BCUT2D eigenvalue weighted by atomic mass is 10.1. The monoisotopic (exact) mass is 233 g/mol. The van der Waals surface area contributed by atoms with Gasteiger partial charge in [-0.1, -0.05) is 0 Å². The minimum atomic E-state index is -0.319. The number of hydrogen-bond acceptors (Lipinski definition) is 4. The molecule has 2 aromatic rings. The highest BCUT2D eigenvalue weighted by atomic mass is 16.4. The first-order chi connectivity index (χ1) is 8.22. The van der Waals surface area contributed by atoms with Crippen LogP contribution in [-0.4, -0.2) is 19.9 Å². The highest BCUT2D eigenvalue weighted by molar-refractivity contribution is 5.16. The van der Waals surface area contributed by atoms with E-state index in [0.717, 1.165) is 18.4 Å². The lowest BCUT2D eigenvalue weighted by Crippen LogP contribution is -1.99. The van der Waals surface area contributed by atoms with Gasteiger partial charge in [0.2, 0.25) is 11.8 Å². The van der Waals surface area contributed by atoms with Gasteiger partial charge in [-0.25, -0.2) is 0 Å². The zero-order chi connectivity index (χ0) is 11.8. The van der Waals surface area contributed by atoms with E-state index in [4.69, 9.17) is 4.42 Å². The lowest BCUT2D eigenvalue weighted by molar-refractivity contribution is 0.154. The fourth-order valence-corrected chi connectivity index (χ4v) is 1.97. The molecule has 1 aliphatic rings. The fourth-order valence-electron chi connectivity index (χ4n) is 1.97. The Balaban J connectivity index is 1.71. The Bertz CT molecular complexity index is 513. The molecule has 0 spiro atoms. The van der Waals surface area contributed by atoms with E-state index in [9.17, 15) is 5.11 Å². The molecule has 0 radical (unpaired) electrons. The number of aliphatic hydroxyl groups is 1. The molecule has 1 aliphatic carbocycles. The molecule has 3 rings (SSSR count). The normalized spacial score (nSPS) is 17.3. The molecule has 0 saturated heterocycles. The van der Waals surface area contributed by atoms with Crippen LogP contribution in [0.15, 0.2) is 22.9 Å². The van der Waals surface area contributed by atoms with Gasteiger partial charge in [0, 0.05) is 19.3 Å². The van der Waals surface area contributed by atoms with E-state index in [1.807, 2.05) is 23.0 Å². The number of rotatable bonds is 4. The first kappa shape index (κ1) is 10.5. The Morgan fingerprint density at radius 1 is 1.53 bits per heavy atom. The zero-order valence-electron chi connectivity index (χ0n) is 9.71. The number of nitrogens with zero attached hydrogens (tertiary/aromatic N) is 3. The molecule has 0 bridgehead atoms. The summed E-state index contributed by atoms with van der Waals surface area (Å²) >= 11 is 0. The van der Waals surface area contributed by atoms with Crippen LogP contribution in [0.25, 0.3) is 0 Å². The molecule has 0 amide bonds. The highest BCUT2D eigenvalue weighted by Crippen LogP contribution is 2.40. The maximum Gasteiger partial charge on any atom is 0.236 e. The summed E-state index contributed by atoms with van der Waals surface area (Å²) in [6, 6.07) is 1.95. The van der Waals surface area contributed by atoms with Gasteiger partial charge >= 0.3 is 0 Å². The molecule has 0 aromatic carbocycles. The van der Waals surface area contributed by atoms with Crippen molar-refractivity contribution in [1.82, 2.24) is 14.8 Å². The number of hydrogen-bond donors (Lipinski definition) is 1. The van der Waals surface area contributed by atoms with Crippen LogP contribution >= 0.6 is 0 Å². The average Bonchev–Trinajstić information content (AvgIpc) is 2.93. The Morgan fingerprint density at radius 3 is 3.00 bits per heavy atom. The SMILES string of the molecule is Cc1nnc(Cn2ccc(C(O)C3CC3)c2)o1. The van der Waals surface area contributed by atoms with Crippen LogP contribution in [0.3, 0.4) is 0 Å². The van der Waals surface area contributed by atoms with Gasteiger partial charge in [0.05, 0.1) is 6.10 Å². The van der Waals surface area contributed by atoms with Crippen molar-refractivity contribution >= 4 is 0 Å². The standard InChI is InChI=1S/C12H15N3O2/c1-8-13-14-11(17-8)7-15-5-4-10(6-15)12(16)9-2-3-9/h4-6,9,12,16H,2-3,7H2,1H3. The van der Waals surface area contributed by atoms with Crippen LogP contribution in [0, 0.1) is 12.8 Å². The smallest absolute Gasteiger partial charge is 0.236 e. The van der Waals surface area contributed by atoms with E-state index < -0.39 is 0 Å². The van der Waals surface area contributed by atoms with E-state index >= 15 is 0 Å². The highest BCUT2D eigenvalue weighted by Gasteiger charge is 2.31. The Morgan fingerprint density at radius 2 is 2.35 bits per heavy atom. The van der Waals surface area contributed by atoms with Crippen LogP contribution in [0.1, 0.15) is 36.3 Å². The molecular weight excluding hydrogens is 218 g/mol. The quantitative estimate of drug-likeness (QED) is 0.872. The van der Waals surface area contributed by atoms with Crippen LogP contribution in [-0.2, 0) is 6.54 Å². The van der Waals surface area contributed by atoms with Crippen molar-refractivity contribution in [1.29, 1.82) is 0 Å². The topological polar surface area (TPSA) is 64.1 Å². The van der Waals surface area contributed by atoms with Crippen LogP contribution in [0.4, 0.5) is 0 Å². The molecular formula is C12H15N3O2. The van der Waals surface area contributed by atoms with Gasteiger partial charge in [-0.2, -0.15) is 0 Å². The van der Waals surface area contributed by atoms with Gasteiger partial charge in [0.15, 0.2) is 0 Å². The summed E-state index contributed by atoms with van der Waals surface area (Å²) in [5, 5.41) is 17.7. The second-order valence-electron chi connectivity index (χ2n) is 4.61. The number of aromatic nitrogens is 3. The third kappa shape index (κ3) is 2.24. The zero-order valence-corrected chi connectivity index (χ0v) is 9.71. The molecule has 0 aliphatic heterocycles. The van der Waals surface area contributed by atoms with Gasteiger partial charge in [0.25, 0.3) is 0 Å². The summed E-state index contributed by atoms with van der Waals surface area (Å²) in [5.74, 6) is 1.62. The Kier molecular flexibility index (Phi) is 2.48. The molecule has 1 N–H and O–H groups in total. The molecule has 2 heterocycles. The van der Waals surface area contributed by atoms with Crippen molar-refractivity contribution in [3.63, 3.8) is 0 Å². The second-order valence-corrected chi connectivity index (χ2v) is 4.61. The molecule has 17 heavy (non-hydrogen) atoms. The predicted molar refractivity (Wildman–Crippen MR) is 60.3 cm³/mol. The van der Waals surface area contributed by atoms with Crippen molar-refractivity contribution in [2.75, 3.05) is 0 Å². The van der Waals surface area contributed by atoms with Crippen molar-refractivity contribution in [2.45, 2.75) is 32.4 Å². The lowest BCUT2D eigenvalue weighted by Gasteiger charge is -2.05. The van der Waals surface area contributed by atoms with Gasteiger partial charge in [-0.3, -0.25) is 0 Å². The molecule has 5 heteroatoms. The summed E-state index contributed by atoms with van der Waals surface area (Å²) < 4.78 is 7.26. The fraction of sp³-hybridized carbons (Fsp3) is 0.500. The summed E-state index contributed by atoms with van der Waals surface area (Å²) in [6.07, 6.45) is 5.83. The largest absolute Gasteiger partial charge is 0.424 e. The Labute approximate surface area is 99.1 Å². The van der Waals surface area contributed by atoms with Crippen molar-refractivity contribution in [2.24, 2.45) is 5.92 Å². The average molecular weight is 233 g/mol. The third-order valence-corrected chi connectivity index (χ3v) is 3.07. The van der Waals surface area contributed by atoms with E-state index in [0.29, 0.717) is 24.2 Å². The molecule has 5 nitrogen and oxygen atoms in total. The predicted octanol–water partition coefficient (Wildman–Crippen LogP) is 1.67. The van der Waals surface area contributed by atoms with Gasteiger partial charge in [-0.05, 0) is 30.4 Å². The van der Waals surface area contributed by atoms with E-state index in [2.05, 4.69) is 10.2 Å². The molecule has 2 aromatic heterocycles. The van der Waals surface area contributed by atoms with Crippen LogP contribution in [0.5, 0.6) is 0 Å². The third-order valence-electron chi connectivity index (χ3n) is 3.07. The molecule has 1 atom stereocenters. The summed E-state index contributed by atoms with van der Waals surface area (Å²) in [5.41, 5.74) is 0.976. The Hall–Kier alpha value is -1.62. The maximum atomic E-state index is 9.98. The number of aliphatic hydroxyl groups excluding tert-OH is 1. The van der Waals surface area contributed by atoms with Crippen LogP contribution < -0.4 is 0 Å². The van der Waals surface area contributed by atoms with E-state index in [-0.39, 0.29) is 6.10 Å². The minimum Gasteiger partial charge on any atom is -0.424 e. The van der Waals surface area contributed by atoms with Crippen LogP contribution in [0.2, 0.25) is 0 Å². The van der Waals surface area contributed by atoms with E-state index in [1.54, 1.807) is 6.92 Å². The molecule has 1 fully saturated rings. The molecule has 1 unspecified atom stereocenters. The molecule has 90 valence electrons. The first-order valence-corrected chi connectivity index (χ1v) is 5.85. The summed E-state index contributed by atoms with van der Waals surface area (Å²) in [7, 11) is 0. The van der Waals surface area contributed by atoms with Gasteiger partial charge in [0.1, 0.15) is 6.54 Å². The van der Waals surface area contributed by atoms with Crippen molar-refractivity contribution in [3.05, 3.63) is 35.8 Å². The first-order valence-electron chi connectivity index (χ1n) is 5.85. The second kappa shape index (κ2) is 4.00. The van der Waals surface area contributed by atoms with Gasteiger partial charge < -0.3 is 14.1 Å². The van der Waals surface area contributed by atoms with Crippen molar-refractivity contribution in [3.8, 4) is 0 Å². The summed E-state index contributed by atoms with van der Waals surface area (Å²) in [4.78, 5) is 0. The minimum absolute atomic E-state index is 0.319. The van der Waals surface area contributed by atoms with E-state index in [1.165, 1.54) is 0 Å². The maximum absolute atomic E-state index is 9.98. The number of aryl methyl sites for hydroxylation is 1. The molecule has 1 saturated carbocycles. The van der Waals surface area contributed by atoms with Gasteiger partial charge in [-0.15, -0.1) is 10.2 Å². The summed E-state index contributed by atoms with van der Waals surface area (Å²) in [6.45, 7) is 2.33. The van der Waals surface area contributed by atoms with Crippen molar-refractivity contribution < 1.29 is 9.52 Å².